The minimum Gasteiger partial charge on any atom is -0.480 e. The number of carbonyl (C=O) groups is 1. The second kappa shape index (κ2) is 8.11. The second-order valence-electron chi connectivity index (χ2n) is 4.17. The van der Waals surface area contributed by atoms with E-state index in [1.165, 1.54) is 0 Å². The van der Waals surface area contributed by atoms with E-state index < -0.39 is 12.0 Å². The highest BCUT2D eigenvalue weighted by Gasteiger charge is 2.11. The fourth-order valence-corrected chi connectivity index (χ4v) is 1.95. The molecule has 18 heavy (non-hydrogen) atoms. The third-order valence-corrected chi connectivity index (χ3v) is 3.18. The van der Waals surface area contributed by atoms with Crippen LogP contribution in [0.3, 0.4) is 0 Å². The lowest BCUT2D eigenvalue weighted by atomic mass is 10.1. The molecule has 0 amide bonds. The van der Waals surface area contributed by atoms with Crippen LogP contribution in [0.25, 0.3) is 0 Å². The van der Waals surface area contributed by atoms with E-state index in [1.807, 2.05) is 24.3 Å². The monoisotopic (exact) mass is 314 g/mol. The van der Waals surface area contributed by atoms with Crippen molar-refractivity contribution in [2.24, 2.45) is 5.73 Å². The smallest absolute Gasteiger partial charge is 0.320 e. The summed E-state index contributed by atoms with van der Waals surface area (Å²) in [6.45, 7) is 0.944. The first-order valence-corrected chi connectivity index (χ1v) is 7.13. The zero-order valence-electron chi connectivity index (χ0n) is 10.2. The summed E-state index contributed by atoms with van der Waals surface area (Å²) in [5.74, 6) is -0.966. The lowest BCUT2D eigenvalue weighted by Gasteiger charge is -2.09. The van der Waals surface area contributed by atoms with Crippen molar-refractivity contribution in [1.29, 1.82) is 0 Å². The summed E-state index contributed by atoms with van der Waals surface area (Å²) in [4.78, 5) is 10.6. The first kappa shape index (κ1) is 15.0. The number of carboxylic acid groups (broad SMARTS) is 1. The number of rotatable bonds is 8. The van der Waals surface area contributed by atoms with Gasteiger partial charge >= 0.3 is 5.97 Å². The zero-order valence-corrected chi connectivity index (χ0v) is 11.8. The third kappa shape index (κ3) is 5.51. The number of aliphatic carboxylic acids is 1. The summed E-state index contributed by atoms with van der Waals surface area (Å²) < 4.78 is 0. The summed E-state index contributed by atoms with van der Waals surface area (Å²) >= 11 is 3.39. The van der Waals surface area contributed by atoms with Gasteiger partial charge in [-0.15, -0.1) is 0 Å². The van der Waals surface area contributed by atoms with Crippen LogP contribution >= 0.6 is 15.9 Å². The third-order valence-electron chi connectivity index (χ3n) is 2.62. The molecule has 1 rings (SSSR count). The molecule has 0 aliphatic heterocycles. The van der Waals surface area contributed by atoms with Crippen LogP contribution < -0.4 is 11.1 Å². The number of unbranched alkanes of at least 4 members (excludes halogenated alkanes) is 1. The van der Waals surface area contributed by atoms with Crippen LogP contribution in [0.1, 0.15) is 18.4 Å². The second-order valence-corrected chi connectivity index (χ2v) is 4.96. The number of hydrogen-bond acceptors (Lipinski definition) is 3. The average Bonchev–Trinajstić information content (AvgIpc) is 2.36. The van der Waals surface area contributed by atoms with Crippen LogP contribution in [-0.2, 0) is 11.2 Å². The van der Waals surface area contributed by atoms with Crippen molar-refractivity contribution in [3.63, 3.8) is 0 Å². The van der Waals surface area contributed by atoms with Crippen molar-refractivity contribution in [2.75, 3.05) is 17.2 Å². The van der Waals surface area contributed by atoms with Crippen molar-refractivity contribution in [3.8, 4) is 0 Å². The van der Waals surface area contributed by atoms with Crippen molar-refractivity contribution < 1.29 is 9.90 Å². The SMILES string of the molecule is NC(Cc1ccc(NCCCCBr)cc1)C(=O)O. The number of benzene rings is 1. The standard InChI is InChI=1S/C13H19BrN2O2/c14-7-1-2-8-16-11-5-3-10(4-6-11)9-12(15)13(17)18/h3-6,12,16H,1-2,7-9,15H2,(H,17,18). The Morgan fingerprint density at radius 2 is 2.00 bits per heavy atom. The topological polar surface area (TPSA) is 75.3 Å². The predicted octanol–water partition coefficient (Wildman–Crippen LogP) is 2.23. The maximum atomic E-state index is 10.6. The molecule has 100 valence electrons. The van der Waals surface area contributed by atoms with Gasteiger partial charge in [0.2, 0.25) is 0 Å². The van der Waals surface area contributed by atoms with E-state index >= 15 is 0 Å². The first-order valence-electron chi connectivity index (χ1n) is 6.00. The minimum absolute atomic E-state index is 0.360. The Hall–Kier alpha value is -1.07. The summed E-state index contributed by atoms with van der Waals surface area (Å²) in [6.07, 6.45) is 2.63. The molecule has 0 aromatic heterocycles. The molecule has 1 atom stereocenters. The van der Waals surface area contributed by atoms with Gasteiger partial charge in [-0.2, -0.15) is 0 Å². The lowest BCUT2D eigenvalue weighted by Crippen LogP contribution is -2.32. The van der Waals surface area contributed by atoms with Crippen LogP contribution in [-0.4, -0.2) is 29.0 Å². The molecule has 0 saturated heterocycles. The van der Waals surface area contributed by atoms with E-state index in [0.29, 0.717) is 6.42 Å². The highest BCUT2D eigenvalue weighted by Crippen LogP contribution is 2.11. The molecule has 0 spiro atoms. The quantitative estimate of drug-likeness (QED) is 0.508. The van der Waals surface area contributed by atoms with Gasteiger partial charge in [-0.1, -0.05) is 28.1 Å². The number of anilines is 1. The van der Waals surface area contributed by atoms with E-state index in [1.54, 1.807) is 0 Å². The van der Waals surface area contributed by atoms with Gasteiger partial charge in [0.05, 0.1) is 0 Å². The van der Waals surface area contributed by atoms with Crippen LogP contribution in [0.15, 0.2) is 24.3 Å². The predicted molar refractivity (Wildman–Crippen MR) is 77.3 cm³/mol. The molecule has 0 bridgehead atoms. The Bertz CT molecular complexity index is 368. The molecule has 0 heterocycles. The fraction of sp³-hybridized carbons (Fsp3) is 0.462. The highest BCUT2D eigenvalue weighted by atomic mass is 79.9. The van der Waals surface area contributed by atoms with Crippen molar-refractivity contribution in [3.05, 3.63) is 29.8 Å². The van der Waals surface area contributed by atoms with Crippen molar-refractivity contribution in [2.45, 2.75) is 25.3 Å². The molecule has 1 aromatic carbocycles. The van der Waals surface area contributed by atoms with Gasteiger partial charge in [0.15, 0.2) is 0 Å². The number of nitrogens with two attached hydrogens (primary N) is 1. The van der Waals surface area contributed by atoms with Crippen molar-refractivity contribution >= 4 is 27.6 Å². The average molecular weight is 315 g/mol. The number of alkyl halides is 1. The zero-order chi connectivity index (χ0) is 13.4. The van der Waals surface area contributed by atoms with E-state index in [9.17, 15) is 4.79 Å². The largest absolute Gasteiger partial charge is 0.480 e. The Labute approximate surface area is 116 Å². The van der Waals surface area contributed by atoms with Crippen LogP contribution in [0.5, 0.6) is 0 Å². The molecule has 4 nitrogen and oxygen atoms in total. The molecule has 0 aliphatic carbocycles. The molecular weight excluding hydrogens is 296 g/mol. The van der Waals surface area contributed by atoms with E-state index in [2.05, 4.69) is 21.2 Å². The van der Waals surface area contributed by atoms with E-state index in [-0.39, 0.29) is 0 Å². The summed E-state index contributed by atoms with van der Waals surface area (Å²) in [5, 5.41) is 13.1. The van der Waals surface area contributed by atoms with E-state index in [0.717, 1.165) is 36.0 Å². The molecule has 0 fully saturated rings. The maximum Gasteiger partial charge on any atom is 0.320 e. The van der Waals surface area contributed by atoms with Gasteiger partial charge in [0.25, 0.3) is 0 Å². The molecule has 0 saturated carbocycles. The Morgan fingerprint density at radius 3 is 2.56 bits per heavy atom. The molecule has 1 aromatic rings. The van der Waals surface area contributed by atoms with Crippen LogP contribution in [0.2, 0.25) is 0 Å². The van der Waals surface area contributed by atoms with Gasteiger partial charge in [0.1, 0.15) is 6.04 Å². The summed E-state index contributed by atoms with van der Waals surface area (Å²) in [7, 11) is 0. The van der Waals surface area contributed by atoms with Gasteiger partial charge in [-0.3, -0.25) is 4.79 Å². The molecule has 4 N–H and O–H groups in total. The molecule has 1 unspecified atom stereocenters. The molecule has 5 heteroatoms. The Balaban J connectivity index is 2.40. The molecular formula is C13H19BrN2O2. The Morgan fingerprint density at radius 1 is 1.33 bits per heavy atom. The van der Waals surface area contributed by atoms with Crippen LogP contribution in [0, 0.1) is 0 Å². The minimum atomic E-state index is -0.966. The van der Waals surface area contributed by atoms with Gasteiger partial charge < -0.3 is 16.2 Å². The number of hydrogen-bond donors (Lipinski definition) is 3. The molecule has 0 aliphatic rings. The summed E-state index contributed by atoms with van der Waals surface area (Å²) in [6, 6.07) is 6.91. The van der Waals surface area contributed by atoms with Crippen molar-refractivity contribution in [1.82, 2.24) is 0 Å². The lowest BCUT2D eigenvalue weighted by molar-refractivity contribution is -0.138. The van der Waals surface area contributed by atoms with Gasteiger partial charge in [-0.05, 0) is 37.0 Å². The number of halogens is 1. The van der Waals surface area contributed by atoms with Gasteiger partial charge in [0, 0.05) is 17.6 Å². The summed E-state index contributed by atoms with van der Waals surface area (Å²) in [5.41, 5.74) is 7.47. The maximum absolute atomic E-state index is 10.6. The number of nitrogens with one attached hydrogen (secondary N) is 1. The number of carboxylic acids is 1. The first-order chi connectivity index (χ1) is 8.63. The molecule has 0 radical (unpaired) electrons. The fourth-order valence-electron chi connectivity index (χ4n) is 1.55. The van der Waals surface area contributed by atoms with Gasteiger partial charge in [-0.25, -0.2) is 0 Å². The van der Waals surface area contributed by atoms with E-state index in [4.69, 9.17) is 10.8 Å². The highest BCUT2D eigenvalue weighted by molar-refractivity contribution is 9.09. The normalized spacial score (nSPS) is 12.1. The van der Waals surface area contributed by atoms with Crippen LogP contribution in [0.4, 0.5) is 5.69 Å². The Kier molecular flexibility index (Phi) is 6.75.